The molecule has 2 aliphatic rings. The first-order chi connectivity index (χ1) is 8.13. The minimum atomic E-state index is -0.141. The third kappa shape index (κ3) is 3.68. The minimum absolute atomic E-state index is 0.141. The molecule has 1 amide bonds. The van der Waals surface area contributed by atoms with Gasteiger partial charge in [0, 0.05) is 39.2 Å². The van der Waals surface area contributed by atoms with Crippen molar-refractivity contribution in [1.29, 1.82) is 0 Å². The third-order valence-electron chi connectivity index (χ3n) is 3.85. The normalized spacial score (nSPS) is 29.4. The van der Waals surface area contributed by atoms with Crippen LogP contribution in [0.4, 0.5) is 0 Å². The number of likely N-dealkylation sites (tertiary alicyclic amines) is 1. The highest BCUT2D eigenvalue weighted by molar-refractivity contribution is 5.76. The Hall–Kier alpha value is -0.610. The van der Waals surface area contributed by atoms with Crippen LogP contribution in [0.25, 0.3) is 0 Å². The minimum Gasteiger partial charge on any atom is -0.377 e. The van der Waals surface area contributed by atoms with Gasteiger partial charge in [0.25, 0.3) is 0 Å². The number of methoxy groups -OCH3 is 1. The van der Waals surface area contributed by atoms with Gasteiger partial charge < -0.3 is 15.0 Å². The fourth-order valence-electron chi connectivity index (χ4n) is 2.41. The number of ether oxygens (including phenoxy) is 1. The van der Waals surface area contributed by atoms with Crippen molar-refractivity contribution in [3.8, 4) is 0 Å². The van der Waals surface area contributed by atoms with Crippen molar-refractivity contribution in [3.63, 3.8) is 0 Å². The van der Waals surface area contributed by atoms with Gasteiger partial charge in [-0.2, -0.15) is 0 Å². The van der Waals surface area contributed by atoms with E-state index < -0.39 is 0 Å². The lowest BCUT2D eigenvalue weighted by atomic mass is 9.94. The Kier molecular flexibility index (Phi) is 4.05. The van der Waals surface area contributed by atoms with E-state index in [0.29, 0.717) is 12.5 Å². The molecule has 2 fully saturated rings. The molecule has 0 spiro atoms. The molecule has 1 aliphatic carbocycles. The van der Waals surface area contributed by atoms with Crippen molar-refractivity contribution in [2.24, 2.45) is 0 Å². The van der Waals surface area contributed by atoms with Crippen molar-refractivity contribution < 1.29 is 9.53 Å². The first-order valence-corrected chi connectivity index (χ1v) is 6.69. The molecule has 17 heavy (non-hydrogen) atoms. The Morgan fingerprint density at radius 1 is 1.53 bits per heavy atom. The predicted molar refractivity (Wildman–Crippen MR) is 66.9 cm³/mol. The summed E-state index contributed by atoms with van der Waals surface area (Å²) in [6.07, 6.45) is 5.27. The van der Waals surface area contributed by atoms with Gasteiger partial charge in [0.2, 0.25) is 5.91 Å². The molecular formula is C13H24N2O2. The van der Waals surface area contributed by atoms with Crippen molar-refractivity contribution in [3.05, 3.63) is 0 Å². The molecule has 4 nitrogen and oxygen atoms in total. The maximum atomic E-state index is 12.0. The van der Waals surface area contributed by atoms with Crippen LogP contribution in [-0.2, 0) is 9.53 Å². The van der Waals surface area contributed by atoms with Crippen molar-refractivity contribution >= 4 is 5.91 Å². The van der Waals surface area contributed by atoms with Gasteiger partial charge in [0.1, 0.15) is 0 Å². The summed E-state index contributed by atoms with van der Waals surface area (Å²) in [5, 5.41) is 3.38. The molecule has 0 aromatic carbocycles. The molecular weight excluding hydrogens is 216 g/mol. The van der Waals surface area contributed by atoms with E-state index in [1.165, 1.54) is 12.8 Å². The summed E-state index contributed by atoms with van der Waals surface area (Å²) in [5.74, 6) is 0.265. The van der Waals surface area contributed by atoms with Gasteiger partial charge in [-0.25, -0.2) is 0 Å². The molecule has 0 radical (unpaired) electrons. The molecule has 1 atom stereocenters. The highest BCUT2D eigenvalue weighted by atomic mass is 16.5. The number of carbonyl (C=O) groups is 1. The molecule has 1 saturated carbocycles. The molecule has 0 bridgehead atoms. The smallest absolute Gasteiger partial charge is 0.223 e. The van der Waals surface area contributed by atoms with Gasteiger partial charge in [-0.3, -0.25) is 4.79 Å². The Balaban J connectivity index is 1.73. The number of rotatable bonds is 5. The molecule has 0 aromatic heterocycles. The van der Waals surface area contributed by atoms with E-state index in [4.69, 9.17) is 4.74 Å². The van der Waals surface area contributed by atoms with E-state index in [1.54, 1.807) is 7.11 Å². The zero-order valence-electron chi connectivity index (χ0n) is 11.0. The molecule has 98 valence electrons. The third-order valence-corrected chi connectivity index (χ3v) is 3.85. The van der Waals surface area contributed by atoms with Gasteiger partial charge in [-0.15, -0.1) is 0 Å². The van der Waals surface area contributed by atoms with E-state index in [0.717, 1.165) is 32.5 Å². The summed E-state index contributed by atoms with van der Waals surface area (Å²) in [6.45, 7) is 4.55. The van der Waals surface area contributed by atoms with E-state index >= 15 is 0 Å². The highest BCUT2D eigenvalue weighted by Gasteiger charge is 2.32. The molecule has 2 rings (SSSR count). The maximum absolute atomic E-state index is 12.0. The van der Waals surface area contributed by atoms with Gasteiger partial charge in [-0.1, -0.05) is 0 Å². The Morgan fingerprint density at radius 3 is 2.94 bits per heavy atom. The van der Waals surface area contributed by atoms with E-state index in [1.807, 2.05) is 4.90 Å². The van der Waals surface area contributed by atoms with Crippen LogP contribution in [0.5, 0.6) is 0 Å². The molecule has 4 heteroatoms. The number of piperidine rings is 1. The zero-order chi connectivity index (χ0) is 12.3. The second kappa shape index (κ2) is 5.36. The van der Waals surface area contributed by atoms with Gasteiger partial charge in [0.15, 0.2) is 0 Å². The lowest BCUT2D eigenvalue weighted by Crippen LogP contribution is -2.50. The summed E-state index contributed by atoms with van der Waals surface area (Å²) < 4.78 is 5.50. The summed E-state index contributed by atoms with van der Waals surface area (Å²) in [6, 6.07) is 0.688. The fraction of sp³-hybridized carbons (Fsp3) is 0.923. The quantitative estimate of drug-likeness (QED) is 0.784. The molecule has 1 heterocycles. The fourth-order valence-corrected chi connectivity index (χ4v) is 2.41. The molecule has 1 N–H and O–H groups in total. The van der Waals surface area contributed by atoms with Crippen LogP contribution >= 0.6 is 0 Å². The predicted octanol–water partition coefficient (Wildman–Crippen LogP) is 1.16. The molecule has 1 unspecified atom stereocenters. The first kappa shape index (κ1) is 12.8. The topological polar surface area (TPSA) is 41.6 Å². The summed E-state index contributed by atoms with van der Waals surface area (Å²) in [7, 11) is 1.74. The van der Waals surface area contributed by atoms with Gasteiger partial charge >= 0.3 is 0 Å². The van der Waals surface area contributed by atoms with E-state index in [-0.39, 0.29) is 11.5 Å². The van der Waals surface area contributed by atoms with Crippen molar-refractivity contribution in [2.75, 3.05) is 26.7 Å². The number of amides is 1. The second-order valence-electron chi connectivity index (χ2n) is 5.55. The number of hydrogen-bond acceptors (Lipinski definition) is 3. The monoisotopic (exact) mass is 240 g/mol. The van der Waals surface area contributed by atoms with Gasteiger partial charge in [0.05, 0.1) is 5.60 Å². The van der Waals surface area contributed by atoms with Crippen LogP contribution in [-0.4, -0.2) is 49.2 Å². The van der Waals surface area contributed by atoms with Crippen LogP contribution in [0.1, 0.15) is 39.0 Å². The number of nitrogens with one attached hydrogen (secondary N) is 1. The molecule has 0 aromatic rings. The van der Waals surface area contributed by atoms with E-state index in [9.17, 15) is 4.79 Å². The average molecular weight is 240 g/mol. The summed E-state index contributed by atoms with van der Waals surface area (Å²) >= 11 is 0. The Morgan fingerprint density at radius 2 is 2.29 bits per heavy atom. The Bertz CT molecular complexity index is 279. The highest BCUT2D eigenvalue weighted by Crippen LogP contribution is 2.24. The van der Waals surface area contributed by atoms with Gasteiger partial charge in [-0.05, 0) is 32.6 Å². The first-order valence-electron chi connectivity index (χ1n) is 6.69. The molecule has 1 saturated heterocycles. The molecule has 1 aliphatic heterocycles. The van der Waals surface area contributed by atoms with Crippen LogP contribution < -0.4 is 5.32 Å². The van der Waals surface area contributed by atoms with Crippen LogP contribution in [0.2, 0.25) is 0 Å². The summed E-state index contributed by atoms with van der Waals surface area (Å²) in [4.78, 5) is 14.0. The standard InChI is InChI=1S/C13H24N2O2/c1-13(17-2)7-3-9-15(10-13)12(16)6-8-14-11-4-5-11/h11,14H,3-10H2,1-2H3. The lowest BCUT2D eigenvalue weighted by molar-refractivity contribution is -0.139. The zero-order valence-corrected chi connectivity index (χ0v) is 11.0. The number of nitrogens with zero attached hydrogens (tertiary/aromatic N) is 1. The Labute approximate surface area is 104 Å². The summed E-state index contributed by atoms with van der Waals surface area (Å²) in [5.41, 5.74) is -0.141. The maximum Gasteiger partial charge on any atom is 0.223 e. The average Bonchev–Trinajstić information content (AvgIpc) is 3.13. The van der Waals surface area contributed by atoms with E-state index in [2.05, 4.69) is 12.2 Å². The largest absolute Gasteiger partial charge is 0.377 e. The van der Waals surface area contributed by atoms with Crippen molar-refractivity contribution in [2.45, 2.75) is 50.7 Å². The lowest BCUT2D eigenvalue weighted by Gasteiger charge is -2.39. The van der Waals surface area contributed by atoms with Crippen molar-refractivity contribution in [1.82, 2.24) is 10.2 Å². The van der Waals surface area contributed by atoms with Crippen LogP contribution in [0.15, 0.2) is 0 Å². The second-order valence-corrected chi connectivity index (χ2v) is 5.55. The number of hydrogen-bond donors (Lipinski definition) is 1. The number of carbonyl (C=O) groups excluding carboxylic acids is 1. The SMILES string of the molecule is COC1(C)CCCN(C(=O)CCNC2CC2)C1. The van der Waals surface area contributed by atoms with Crippen LogP contribution in [0, 0.1) is 0 Å². The van der Waals surface area contributed by atoms with Crippen LogP contribution in [0.3, 0.4) is 0 Å².